The van der Waals surface area contributed by atoms with Crippen LogP contribution >= 0.6 is 0 Å². The molecule has 2 aromatic rings. The second kappa shape index (κ2) is 7.60. The molecule has 0 aliphatic heterocycles. The average molecular weight is 270 g/mol. The second-order valence-corrected chi connectivity index (χ2v) is 4.85. The van der Waals surface area contributed by atoms with Crippen molar-refractivity contribution in [1.29, 1.82) is 0 Å². The van der Waals surface area contributed by atoms with Gasteiger partial charge in [-0.2, -0.15) is 0 Å². The predicted octanol–water partition coefficient (Wildman–Crippen LogP) is 3.15. The smallest absolute Gasteiger partial charge is 0.222 e. The summed E-state index contributed by atoms with van der Waals surface area (Å²) >= 11 is 0. The third kappa shape index (κ3) is 4.31. The van der Waals surface area contributed by atoms with Gasteiger partial charge in [0.2, 0.25) is 5.95 Å². The monoisotopic (exact) mass is 270 g/mol. The second-order valence-electron chi connectivity index (χ2n) is 4.85. The maximum atomic E-state index is 4.30. The number of aromatic nitrogens is 2. The molecule has 106 valence electrons. The van der Waals surface area contributed by atoms with Crippen molar-refractivity contribution in [3.63, 3.8) is 0 Å². The highest BCUT2D eigenvalue weighted by atomic mass is 15.1. The SMILES string of the molecule is CCCNc1ncc(CNC(C)c2ccccc2)cn1. The highest BCUT2D eigenvalue weighted by Gasteiger charge is 2.04. The predicted molar refractivity (Wildman–Crippen MR) is 82.5 cm³/mol. The van der Waals surface area contributed by atoms with Crippen LogP contribution in [0.3, 0.4) is 0 Å². The van der Waals surface area contributed by atoms with Gasteiger partial charge in [-0.3, -0.25) is 0 Å². The van der Waals surface area contributed by atoms with Gasteiger partial charge in [0.25, 0.3) is 0 Å². The van der Waals surface area contributed by atoms with Crippen LogP contribution in [0.4, 0.5) is 5.95 Å². The van der Waals surface area contributed by atoms with Gasteiger partial charge >= 0.3 is 0 Å². The summed E-state index contributed by atoms with van der Waals surface area (Å²) in [6, 6.07) is 10.7. The van der Waals surface area contributed by atoms with Crippen molar-refractivity contribution in [3.8, 4) is 0 Å². The van der Waals surface area contributed by atoms with Crippen molar-refractivity contribution in [2.45, 2.75) is 32.9 Å². The number of nitrogens with zero attached hydrogens (tertiary/aromatic N) is 2. The first-order valence-electron chi connectivity index (χ1n) is 7.12. The first kappa shape index (κ1) is 14.5. The molecular weight excluding hydrogens is 248 g/mol. The van der Waals surface area contributed by atoms with Gasteiger partial charge in [0, 0.05) is 37.1 Å². The van der Waals surface area contributed by atoms with E-state index in [9.17, 15) is 0 Å². The first-order valence-corrected chi connectivity index (χ1v) is 7.12. The molecule has 1 atom stereocenters. The summed E-state index contributed by atoms with van der Waals surface area (Å²) in [5, 5.41) is 6.65. The molecule has 0 fully saturated rings. The highest BCUT2D eigenvalue weighted by molar-refractivity contribution is 5.24. The molecule has 2 rings (SSSR count). The summed E-state index contributed by atoms with van der Waals surface area (Å²) in [6.07, 6.45) is 4.81. The van der Waals surface area contributed by atoms with Crippen molar-refractivity contribution in [2.24, 2.45) is 0 Å². The van der Waals surface area contributed by atoms with Crippen molar-refractivity contribution in [3.05, 3.63) is 53.9 Å². The lowest BCUT2D eigenvalue weighted by molar-refractivity contribution is 0.573. The Hall–Kier alpha value is -1.94. The van der Waals surface area contributed by atoms with E-state index in [1.54, 1.807) is 0 Å². The zero-order valence-electron chi connectivity index (χ0n) is 12.1. The minimum Gasteiger partial charge on any atom is -0.354 e. The lowest BCUT2D eigenvalue weighted by Crippen LogP contribution is -2.18. The molecule has 1 heterocycles. The third-order valence-corrected chi connectivity index (χ3v) is 3.15. The number of nitrogens with one attached hydrogen (secondary N) is 2. The van der Waals surface area contributed by atoms with Crippen LogP contribution in [0.1, 0.15) is 37.4 Å². The third-order valence-electron chi connectivity index (χ3n) is 3.15. The van der Waals surface area contributed by atoms with Gasteiger partial charge in [0.05, 0.1) is 0 Å². The normalized spacial score (nSPS) is 12.1. The van der Waals surface area contributed by atoms with Gasteiger partial charge in [-0.1, -0.05) is 37.3 Å². The van der Waals surface area contributed by atoms with E-state index < -0.39 is 0 Å². The Morgan fingerprint density at radius 1 is 1.10 bits per heavy atom. The zero-order chi connectivity index (χ0) is 14.2. The van der Waals surface area contributed by atoms with Gasteiger partial charge in [-0.15, -0.1) is 0 Å². The Bertz CT molecular complexity index is 496. The molecule has 0 saturated carbocycles. The van der Waals surface area contributed by atoms with Gasteiger partial charge < -0.3 is 10.6 Å². The highest BCUT2D eigenvalue weighted by Crippen LogP contribution is 2.12. The fraction of sp³-hybridized carbons (Fsp3) is 0.375. The lowest BCUT2D eigenvalue weighted by atomic mass is 10.1. The van der Waals surface area contributed by atoms with E-state index in [0.29, 0.717) is 12.0 Å². The Kier molecular flexibility index (Phi) is 5.50. The maximum Gasteiger partial charge on any atom is 0.222 e. The van der Waals surface area contributed by atoms with E-state index in [4.69, 9.17) is 0 Å². The summed E-state index contributed by atoms with van der Waals surface area (Å²) in [7, 11) is 0. The molecule has 4 heteroatoms. The maximum absolute atomic E-state index is 4.30. The van der Waals surface area contributed by atoms with Crippen LogP contribution in [-0.4, -0.2) is 16.5 Å². The number of hydrogen-bond donors (Lipinski definition) is 2. The summed E-state index contributed by atoms with van der Waals surface area (Å²) < 4.78 is 0. The quantitative estimate of drug-likeness (QED) is 0.811. The molecule has 2 N–H and O–H groups in total. The Labute approximate surface area is 120 Å². The molecule has 1 unspecified atom stereocenters. The van der Waals surface area contributed by atoms with E-state index in [0.717, 1.165) is 25.1 Å². The molecule has 4 nitrogen and oxygen atoms in total. The standard InChI is InChI=1S/C16H22N4/c1-3-9-17-16-19-11-14(12-20-16)10-18-13(2)15-7-5-4-6-8-15/h4-8,11-13,18H,3,9-10H2,1-2H3,(H,17,19,20). The Balaban J connectivity index is 1.84. The van der Waals surface area contributed by atoms with Crippen LogP contribution in [0.25, 0.3) is 0 Å². The molecule has 20 heavy (non-hydrogen) atoms. The fourth-order valence-electron chi connectivity index (χ4n) is 1.90. The van der Waals surface area contributed by atoms with Crippen LogP contribution in [0.2, 0.25) is 0 Å². The molecule has 0 aliphatic rings. The van der Waals surface area contributed by atoms with Gasteiger partial charge in [0.1, 0.15) is 0 Å². The summed E-state index contributed by atoms with van der Waals surface area (Å²) in [5.41, 5.74) is 2.38. The molecule has 0 aliphatic carbocycles. The van der Waals surface area contributed by atoms with Crippen molar-refractivity contribution < 1.29 is 0 Å². The van der Waals surface area contributed by atoms with Crippen LogP contribution in [0.15, 0.2) is 42.7 Å². The fourth-order valence-corrected chi connectivity index (χ4v) is 1.90. The van der Waals surface area contributed by atoms with Crippen molar-refractivity contribution in [2.75, 3.05) is 11.9 Å². The van der Waals surface area contributed by atoms with Crippen molar-refractivity contribution in [1.82, 2.24) is 15.3 Å². The summed E-state index contributed by atoms with van der Waals surface area (Å²) in [6.45, 7) is 5.95. The number of anilines is 1. The van der Waals surface area contributed by atoms with E-state index in [2.05, 4.69) is 58.7 Å². The van der Waals surface area contributed by atoms with Gasteiger partial charge in [-0.05, 0) is 18.9 Å². The van der Waals surface area contributed by atoms with Crippen LogP contribution < -0.4 is 10.6 Å². The average Bonchev–Trinajstić information content (AvgIpc) is 2.52. The van der Waals surface area contributed by atoms with E-state index in [1.807, 2.05) is 18.5 Å². The molecule has 0 saturated heterocycles. The summed E-state index contributed by atoms with van der Waals surface area (Å²) in [4.78, 5) is 8.61. The molecule has 1 aromatic carbocycles. The van der Waals surface area contributed by atoms with Crippen LogP contribution in [-0.2, 0) is 6.54 Å². The Morgan fingerprint density at radius 2 is 1.80 bits per heavy atom. The van der Waals surface area contributed by atoms with Gasteiger partial charge in [0.15, 0.2) is 0 Å². The summed E-state index contributed by atoms with van der Waals surface area (Å²) in [5.74, 6) is 0.701. The topological polar surface area (TPSA) is 49.8 Å². The van der Waals surface area contributed by atoms with E-state index >= 15 is 0 Å². The lowest BCUT2D eigenvalue weighted by Gasteiger charge is -2.14. The molecular formula is C16H22N4. The molecule has 0 spiro atoms. The molecule has 0 amide bonds. The largest absolute Gasteiger partial charge is 0.354 e. The number of benzene rings is 1. The first-order chi connectivity index (χ1) is 9.79. The van der Waals surface area contributed by atoms with E-state index in [-0.39, 0.29) is 0 Å². The zero-order valence-corrected chi connectivity index (χ0v) is 12.1. The Morgan fingerprint density at radius 3 is 2.45 bits per heavy atom. The molecule has 0 radical (unpaired) electrons. The number of hydrogen-bond acceptors (Lipinski definition) is 4. The van der Waals surface area contributed by atoms with Crippen LogP contribution in [0.5, 0.6) is 0 Å². The van der Waals surface area contributed by atoms with E-state index in [1.165, 1.54) is 5.56 Å². The molecule has 1 aromatic heterocycles. The minimum absolute atomic E-state index is 0.314. The van der Waals surface area contributed by atoms with Crippen molar-refractivity contribution >= 4 is 5.95 Å². The number of rotatable bonds is 7. The van der Waals surface area contributed by atoms with Gasteiger partial charge in [-0.25, -0.2) is 9.97 Å². The molecule has 0 bridgehead atoms. The van der Waals surface area contributed by atoms with Crippen LogP contribution in [0, 0.1) is 0 Å². The minimum atomic E-state index is 0.314.